The van der Waals surface area contributed by atoms with Crippen molar-refractivity contribution in [2.24, 2.45) is 0 Å². The van der Waals surface area contributed by atoms with E-state index in [0.717, 1.165) is 19.6 Å². The summed E-state index contributed by atoms with van der Waals surface area (Å²) in [6.45, 7) is 7.83. The molecule has 0 aromatic heterocycles. The Morgan fingerprint density at radius 2 is 1.73 bits per heavy atom. The molecular formula is C19H23N2O. The molecule has 22 heavy (non-hydrogen) atoms. The minimum Gasteiger partial charge on any atom is -0.348 e. The number of nitrogens with zero attached hydrogens (tertiary/aromatic N) is 1. The molecule has 115 valence electrons. The molecule has 0 fully saturated rings. The minimum absolute atomic E-state index is 0.0850. The summed E-state index contributed by atoms with van der Waals surface area (Å²) in [7, 11) is 0. The number of hydrogen-bond acceptors (Lipinski definition) is 2. The highest BCUT2D eigenvalue weighted by atomic mass is 16.1. The Balaban J connectivity index is 2.02. The summed E-state index contributed by atoms with van der Waals surface area (Å²) in [5, 5.41) is 2.98. The van der Waals surface area contributed by atoms with E-state index in [2.05, 4.69) is 48.3 Å². The molecule has 2 aromatic rings. The highest BCUT2D eigenvalue weighted by Gasteiger charge is 2.08. The Morgan fingerprint density at radius 1 is 1.05 bits per heavy atom. The number of amides is 1. The van der Waals surface area contributed by atoms with Crippen LogP contribution in [0.15, 0.2) is 48.5 Å². The van der Waals surface area contributed by atoms with Gasteiger partial charge in [-0.15, -0.1) is 0 Å². The second kappa shape index (κ2) is 8.35. The monoisotopic (exact) mass is 295 g/mol. The molecule has 0 bridgehead atoms. The maximum Gasteiger partial charge on any atom is 0.252 e. The number of carbonyl (C=O) groups excluding carboxylic acids is 1. The first kappa shape index (κ1) is 16.2. The molecule has 0 aliphatic carbocycles. The van der Waals surface area contributed by atoms with Crippen LogP contribution in [0.4, 0.5) is 0 Å². The first-order valence-electron chi connectivity index (χ1n) is 7.78. The molecule has 1 amide bonds. The number of nitrogens with one attached hydrogen (secondary N) is 1. The van der Waals surface area contributed by atoms with Gasteiger partial charge in [0.25, 0.3) is 5.91 Å². The largest absolute Gasteiger partial charge is 0.348 e. The van der Waals surface area contributed by atoms with Crippen LogP contribution in [-0.2, 0) is 13.1 Å². The van der Waals surface area contributed by atoms with Crippen LogP contribution in [-0.4, -0.2) is 23.9 Å². The molecule has 2 rings (SSSR count). The van der Waals surface area contributed by atoms with E-state index in [9.17, 15) is 4.79 Å². The lowest BCUT2D eigenvalue weighted by atomic mass is 10.1. The lowest BCUT2D eigenvalue weighted by Crippen LogP contribution is -2.26. The molecule has 0 aliphatic rings. The fraction of sp³-hybridized carbons (Fsp3) is 0.316. The third kappa shape index (κ3) is 4.43. The highest BCUT2D eigenvalue weighted by molar-refractivity contribution is 5.93. The number of rotatable bonds is 7. The first-order chi connectivity index (χ1) is 10.7. The van der Waals surface area contributed by atoms with Crippen molar-refractivity contribution in [2.45, 2.75) is 26.9 Å². The molecule has 0 saturated heterocycles. The third-order valence-corrected chi connectivity index (χ3v) is 3.80. The molecule has 3 heteroatoms. The average molecular weight is 295 g/mol. The van der Waals surface area contributed by atoms with E-state index in [0.29, 0.717) is 12.1 Å². The number of carbonyl (C=O) groups is 1. The Labute approximate surface area is 133 Å². The van der Waals surface area contributed by atoms with Crippen molar-refractivity contribution in [3.05, 3.63) is 71.3 Å². The predicted octanol–water partition coefficient (Wildman–Crippen LogP) is 3.26. The predicted molar refractivity (Wildman–Crippen MR) is 89.5 cm³/mol. The zero-order chi connectivity index (χ0) is 15.8. The van der Waals surface area contributed by atoms with E-state index in [1.54, 1.807) is 12.1 Å². The summed E-state index contributed by atoms with van der Waals surface area (Å²) >= 11 is 0. The highest BCUT2D eigenvalue weighted by Crippen LogP contribution is 2.12. The normalized spacial score (nSPS) is 10.7. The zero-order valence-electron chi connectivity index (χ0n) is 13.3. The number of benzene rings is 2. The molecular weight excluding hydrogens is 272 g/mol. The molecule has 0 saturated carbocycles. The van der Waals surface area contributed by atoms with Crippen LogP contribution >= 0.6 is 0 Å². The lowest BCUT2D eigenvalue weighted by Gasteiger charge is -2.20. The van der Waals surface area contributed by atoms with Crippen molar-refractivity contribution >= 4 is 5.91 Å². The topological polar surface area (TPSA) is 32.3 Å². The third-order valence-electron chi connectivity index (χ3n) is 3.80. The van der Waals surface area contributed by atoms with Crippen molar-refractivity contribution < 1.29 is 4.79 Å². The van der Waals surface area contributed by atoms with Gasteiger partial charge in [0.1, 0.15) is 0 Å². The summed E-state index contributed by atoms with van der Waals surface area (Å²) in [4.78, 5) is 14.5. The Hall–Kier alpha value is -2.13. The fourth-order valence-electron chi connectivity index (χ4n) is 2.38. The fourth-order valence-corrected chi connectivity index (χ4v) is 2.38. The SMILES string of the molecule is CCN(CC)Cc1ccccc1CNC(=O)c1[c]cccc1. The van der Waals surface area contributed by atoms with E-state index in [1.807, 2.05) is 18.2 Å². The van der Waals surface area contributed by atoms with Crippen molar-refractivity contribution in [1.82, 2.24) is 10.2 Å². The van der Waals surface area contributed by atoms with Gasteiger partial charge in [-0.3, -0.25) is 9.69 Å². The van der Waals surface area contributed by atoms with Crippen LogP contribution in [0, 0.1) is 6.07 Å². The Morgan fingerprint density at radius 3 is 2.36 bits per heavy atom. The maximum absolute atomic E-state index is 12.1. The average Bonchev–Trinajstić information content (AvgIpc) is 2.59. The van der Waals surface area contributed by atoms with Gasteiger partial charge in [-0.05, 0) is 36.3 Å². The lowest BCUT2D eigenvalue weighted by molar-refractivity contribution is 0.0950. The van der Waals surface area contributed by atoms with Crippen molar-refractivity contribution in [3.8, 4) is 0 Å². The van der Waals surface area contributed by atoms with E-state index in [4.69, 9.17) is 0 Å². The summed E-state index contributed by atoms with van der Waals surface area (Å²) in [5.74, 6) is -0.0850. The quantitative estimate of drug-likeness (QED) is 0.850. The second-order valence-corrected chi connectivity index (χ2v) is 5.19. The van der Waals surface area contributed by atoms with Crippen LogP contribution < -0.4 is 5.32 Å². The van der Waals surface area contributed by atoms with Gasteiger partial charge < -0.3 is 5.32 Å². The van der Waals surface area contributed by atoms with Crippen LogP contribution in [0.3, 0.4) is 0 Å². The Bertz CT molecular complexity index is 591. The molecule has 1 N–H and O–H groups in total. The van der Waals surface area contributed by atoms with E-state index in [-0.39, 0.29) is 5.91 Å². The minimum atomic E-state index is -0.0850. The van der Waals surface area contributed by atoms with Gasteiger partial charge in [-0.1, -0.05) is 56.3 Å². The molecule has 0 unspecified atom stereocenters. The van der Waals surface area contributed by atoms with Crippen LogP contribution in [0.25, 0.3) is 0 Å². The van der Waals surface area contributed by atoms with Crippen LogP contribution in [0.1, 0.15) is 35.3 Å². The molecule has 0 aliphatic heterocycles. The number of hydrogen-bond donors (Lipinski definition) is 1. The van der Waals surface area contributed by atoms with Crippen molar-refractivity contribution in [3.63, 3.8) is 0 Å². The second-order valence-electron chi connectivity index (χ2n) is 5.19. The van der Waals surface area contributed by atoms with Crippen molar-refractivity contribution in [2.75, 3.05) is 13.1 Å². The van der Waals surface area contributed by atoms with Gasteiger partial charge in [0.05, 0.1) is 0 Å². The standard InChI is InChI=1S/C19H23N2O/c1-3-21(4-2)15-18-13-9-8-12-17(18)14-20-19(22)16-10-6-5-7-11-16/h5-10,12-13H,3-4,14-15H2,1-2H3,(H,20,22). The van der Waals surface area contributed by atoms with Gasteiger partial charge in [0.2, 0.25) is 0 Å². The van der Waals surface area contributed by atoms with Gasteiger partial charge in [0.15, 0.2) is 0 Å². The van der Waals surface area contributed by atoms with Crippen molar-refractivity contribution in [1.29, 1.82) is 0 Å². The molecule has 3 nitrogen and oxygen atoms in total. The summed E-state index contributed by atoms with van der Waals surface area (Å²) in [6.07, 6.45) is 0. The van der Waals surface area contributed by atoms with Gasteiger partial charge >= 0.3 is 0 Å². The molecule has 0 heterocycles. The van der Waals surface area contributed by atoms with Gasteiger partial charge in [-0.2, -0.15) is 0 Å². The first-order valence-corrected chi connectivity index (χ1v) is 7.78. The van der Waals surface area contributed by atoms with E-state index >= 15 is 0 Å². The smallest absolute Gasteiger partial charge is 0.252 e. The van der Waals surface area contributed by atoms with E-state index < -0.39 is 0 Å². The maximum atomic E-state index is 12.1. The summed E-state index contributed by atoms with van der Waals surface area (Å²) in [6, 6.07) is 18.5. The zero-order valence-corrected chi connectivity index (χ0v) is 13.3. The summed E-state index contributed by atoms with van der Waals surface area (Å²) < 4.78 is 0. The Kier molecular flexibility index (Phi) is 6.16. The van der Waals surface area contributed by atoms with Gasteiger partial charge in [-0.25, -0.2) is 0 Å². The molecule has 2 aromatic carbocycles. The van der Waals surface area contributed by atoms with Crippen LogP contribution in [0.5, 0.6) is 0 Å². The van der Waals surface area contributed by atoms with Gasteiger partial charge in [0, 0.05) is 18.7 Å². The molecule has 0 spiro atoms. The molecule has 0 atom stereocenters. The van der Waals surface area contributed by atoms with Crippen LogP contribution in [0.2, 0.25) is 0 Å². The summed E-state index contributed by atoms with van der Waals surface area (Å²) in [5.41, 5.74) is 3.01. The molecule has 1 radical (unpaired) electrons. The van der Waals surface area contributed by atoms with E-state index in [1.165, 1.54) is 11.1 Å².